The molecular weight excluding hydrogens is 304 g/mol. The van der Waals surface area contributed by atoms with Crippen LogP contribution < -0.4 is 0 Å². The zero-order valence-electron chi connectivity index (χ0n) is 11.6. The van der Waals surface area contributed by atoms with Crippen LogP contribution in [0.5, 0.6) is 0 Å². The Labute approximate surface area is 131 Å². The van der Waals surface area contributed by atoms with Gasteiger partial charge in [-0.1, -0.05) is 17.8 Å². The van der Waals surface area contributed by atoms with Gasteiger partial charge in [0, 0.05) is 18.8 Å². The van der Waals surface area contributed by atoms with Crippen LogP contribution in [0.25, 0.3) is 10.7 Å². The Morgan fingerprint density at radius 1 is 1.52 bits per heavy atom. The van der Waals surface area contributed by atoms with Crippen molar-refractivity contribution in [3.63, 3.8) is 0 Å². The van der Waals surface area contributed by atoms with Crippen molar-refractivity contribution in [3.8, 4) is 16.8 Å². The van der Waals surface area contributed by atoms with Crippen molar-refractivity contribution in [2.75, 3.05) is 12.4 Å². The van der Waals surface area contributed by atoms with E-state index in [-0.39, 0.29) is 6.10 Å². The number of nitrogens with zero attached hydrogens (tertiary/aromatic N) is 4. The Morgan fingerprint density at radius 2 is 2.48 bits per heavy atom. The Morgan fingerprint density at radius 3 is 3.19 bits per heavy atom. The number of rotatable bonds is 6. The van der Waals surface area contributed by atoms with Gasteiger partial charge in [-0.3, -0.25) is 4.57 Å². The predicted octanol–water partition coefficient (Wildman–Crippen LogP) is 3.19. The van der Waals surface area contributed by atoms with Crippen molar-refractivity contribution in [1.82, 2.24) is 14.8 Å². The highest BCUT2D eigenvalue weighted by Gasteiger charge is 2.21. The Balaban J connectivity index is 1.83. The molecule has 1 unspecified atom stereocenters. The SMILES string of the molecule is N#CCCSc1nnc(-c2cccs2)n1CC1CCCO1. The van der Waals surface area contributed by atoms with Crippen molar-refractivity contribution < 1.29 is 4.74 Å². The molecule has 0 N–H and O–H groups in total. The Hall–Kier alpha value is -1.36. The summed E-state index contributed by atoms with van der Waals surface area (Å²) in [6.45, 7) is 1.63. The minimum absolute atomic E-state index is 0.245. The molecule has 1 aliphatic rings. The van der Waals surface area contributed by atoms with Gasteiger partial charge in [-0.2, -0.15) is 5.26 Å². The van der Waals surface area contributed by atoms with E-state index in [2.05, 4.69) is 26.9 Å². The van der Waals surface area contributed by atoms with E-state index in [1.54, 1.807) is 23.1 Å². The highest BCUT2D eigenvalue weighted by molar-refractivity contribution is 7.99. The number of thioether (sulfide) groups is 1. The Bertz CT molecular complexity index is 611. The van der Waals surface area contributed by atoms with Gasteiger partial charge in [0.2, 0.25) is 0 Å². The first-order valence-corrected chi connectivity index (χ1v) is 8.83. The molecule has 0 bridgehead atoms. The third-order valence-corrected chi connectivity index (χ3v) is 5.15. The summed E-state index contributed by atoms with van der Waals surface area (Å²) in [7, 11) is 0. The normalized spacial score (nSPS) is 18.0. The first-order chi connectivity index (χ1) is 10.4. The smallest absolute Gasteiger partial charge is 0.191 e. The van der Waals surface area contributed by atoms with Gasteiger partial charge in [-0.05, 0) is 24.3 Å². The molecule has 1 aliphatic heterocycles. The van der Waals surface area contributed by atoms with Gasteiger partial charge >= 0.3 is 0 Å². The highest BCUT2D eigenvalue weighted by atomic mass is 32.2. The van der Waals surface area contributed by atoms with Gasteiger partial charge in [0.05, 0.1) is 23.6 Å². The van der Waals surface area contributed by atoms with Crippen LogP contribution in [0.15, 0.2) is 22.7 Å². The van der Waals surface area contributed by atoms with Crippen molar-refractivity contribution >= 4 is 23.1 Å². The van der Waals surface area contributed by atoms with Crippen LogP contribution in [0.2, 0.25) is 0 Å². The lowest BCUT2D eigenvalue weighted by Crippen LogP contribution is -2.16. The highest BCUT2D eigenvalue weighted by Crippen LogP contribution is 2.29. The molecule has 1 saturated heterocycles. The van der Waals surface area contributed by atoms with Gasteiger partial charge < -0.3 is 4.74 Å². The van der Waals surface area contributed by atoms with Gasteiger partial charge in [0.15, 0.2) is 11.0 Å². The molecule has 1 fully saturated rings. The summed E-state index contributed by atoms with van der Waals surface area (Å²) in [5.74, 6) is 1.64. The summed E-state index contributed by atoms with van der Waals surface area (Å²) < 4.78 is 7.89. The molecule has 0 aliphatic carbocycles. The number of thiophene rings is 1. The predicted molar refractivity (Wildman–Crippen MR) is 83.3 cm³/mol. The number of ether oxygens (including phenoxy) is 1. The fourth-order valence-corrected chi connectivity index (χ4v) is 3.84. The van der Waals surface area contributed by atoms with Gasteiger partial charge in [-0.25, -0.2) is 0 Å². The zero-order chi connectivity index (χ0) is 14.5. The van der Waals surface area contributed by atoms with Crippen LogP contribution in [0, 0.1) is 11.3 Å². The third kappa shape index (κ3) is 3.46. The molecule has 0 radical (unpaired) electrons. The van der Waals surface area contributed by atoms with E-state index in [4.69, 9.17) is 10.00 Å². The van der Waals surface area contributed by atoms with Crippen molar-refractivity contribution in [2.45, 2.75) is 37.1 Å². The summed E-state index contributed by atoms with van der Waals surface area (Å²) >= 11 is 3.25. The van der Waals surface area contributed by atoms with E-state index in [9.17, 15) is 0 Å². The number of nitriles is 1. The fourth-order valence-electron chi connectivity index (χ4n) is 2.33. The second-order valence-corrected chi connectivity index (χ2v) is 6.80. The number of aromatic nitrogens is 3. The molecule has 0 spiro atoms. The average Bonchev–Trinajstić information content (AvgIpc) is 3.21. The maximum Gasteiger partial charge on any atom is 0.191 e. The lowest BCUT2D eigenvalue weighted by atomic mass is 10.2. The summed E-state index contributed by atoms with van der Waals surface area (Å²) in [5.41, 5.74) is 0. The van der Waals surface area contributed by atoms with E-state index in [0.717, 1.165) is 47.6 Å². The summed E-state index contributed by atoms with van der Waals surface area (Å²) in [6, 6.07) is 6.25. The standard InChI is InChI=1S/C14H16N4OS2/c15-6-3-9-21-14-17-16-13(12-5-2-8-20-12)18(14)10-11-4-1-7-19-11/h2,5,8,11H,1,3-4,7,9-10H2. The number of hydrogen-bond donors (Lipinski definition) is 0. The fraction of sp³-hybridized carbons (Fsp3) is 0.500. The quantitative estimate of drug-likeness (QED) is 0.604. The molecule has 0 aromatic carbocycles. The average molecular weight is 320 g/mol. The van der Waals surface area contributed by atoms with Gasteiger partial charge in [0.1, 0.15) is 0 Å². The van der Waals surface area contributed by atoms with E-state index >= 15 is 0 Å². The van der Waals surface area contributed by atoms with Crippen molar-refractivity contribution in [3.05, 3.63) is 17.5 Å². The number of hydrogen-bond acceptors (Lipinski definition) is 6. The van der Waals surface area contributed by atoms with Crippen molar-refractivity contribution in [2.24, 2.45) is 0 Å². The molecule has 0 saturated carbocycles. The minimum atomic E-state index is 0.245. The molecule has 0 amide bonds. The molecule has 2 aromatic heterocycles. The molecule has 3 rings (SSSR count). The molecule has 5 nitrogen and oxygen atoms in total. The second-order valence-electron chi connectivity index (χ2n) is 4.79. The van der Waals surface area contributed by atoms with Gasteiger partial charge in [-0.15, -0.1) is 21.5 Å². The topological polar surface area (TPSA) is 63.7 Å². The molecule has 110 valence electrons. The van der Waals surface area contributed by atoms with E-state index in [1.807, 2.05) is 11.4 Å². The summed E-state index contributed by atoms with van der Waals surface area (Å²) in [4.78, 5) is 1.12. The molecule has 3 heterocycles. The van der Waals surface area contributed by atoms with Crippen LogP contribution in [0.1, 0.15) is 19.3 Å². The summed E-state index contributed by atoms with van der Waals surface area (Å²) in [6.07, 6.45) is 2.98. The maximum atomic E-state index is 8.67. The zero-order valence-corrected chi connectivity index (χ0v) is 13.2. The second kappa shape index (κ2) is 7.07. The van der Waals surface area contributed by atoms with Crippen LogP contribution in [0.3, 0.4) is 0 Å². The Kier molecular flexibility index (Phi) is 4.91. The van der Waals surface area contributed by atoms with Crippen LogP contribution in [-0.2, 0) is 11.3 Å². The van der Waals surface area contributed by atoms with Gasteiger partial charge in [0.25, 0.3) is 0 Å². The maximum absolute atomic E-state index is 8.67. The summed E-state index contributed by atoms with van der Waals surface area (Å²) in [5, 5.41) is 20.2. The molecular formula is C14H16N4OS2. The van der Waals surface area contributed by atoms with Crippen LogP contribution in [-0.4, -0.2) is 33.2 Å². The lowest BCUT2D eigenvalue weighted by Gasteiger charge is -2.13. The monoisotopic (exact) mass is 320 g/mol. The molecule has 2 aromatic rings. The third-order valence-electron chi connectivity index (χ3n) is 3.31. The largest absolute Gasteiger partial charge is 0.376 e. The van der Waals surface area contributed by atoms with Crippen LogP contribution in [0.4, 0.5) is 0 Å². The first-order valence-electron chi connectivity index (χ1n) is 6.97. The van der Waals surface area contributed by atoms with E-state index in [1.165, 1.54) is 0 Å². The van der Waals surface area contributed by atoms with Crippen molar-refractivity contribution in [1.29, 1.82) is 5.26 Å². The molecule has 1 atom stereocenters. The van der Waals surface area contributed by atoms with E-state index < -0.39 is 0 Å². The first kappa shape index (κ1) is 14.6. The minimum Gasteiger partial charge on any atom is -0.376 e. The van der Waals surface area contributed by atoms with E-state index in [0.29, 0.717) is 6.42 Å². The lowest BCUT2D eigenvalue weighted by molar-refractivity contribution is 0.0953. The van der Waals surface area contributed by atoms with Crippen LogP contribution >= 0.6 is 23.1 Å². The molecule has 21 heavy (non-hydrogen) atoms. The molecule has 7 heteroatoms.